The molecule has 0 amide bonds. The van der Waals surface area contributed by atoms with Crippen molar-refractivity contribution in [1.82, 2.24) is 0 Å². The van der Waals surface area contributed by atoms with Crippen LogP contribution in [0.15, 0.2) is 21.8 Å². The van der Waals surface area contributed by atoms with Gasteiger partial charge in [-0.25, -0.2) is 0 Å². The van der Waals surface area contributed by atoms with Crippen molar-refractivity contribution in [3.63, 3.8) is 0 Å². The van der Waals surface area contributed by atoms with E-state index in [2.05, 4.69) is 21.4 Å². The number of allylic oxidation sites excluding steroid dienone is 3. The van der Waals surface area contributed by atoms with Gasteiger partial charge in [0.1, 0.15) is 0 Å². The molecule has 2 heteroatoms. The van der Waals surface area contributed by atoms with Crippen molar-refractivity contribution in [3.05, 3.63) is 21.8 Å². The number of Topliss-reactive ketones (excluding diaryl/α,β-unsaturated/α-hetero) is 1. The van der Waals surface area contributed by atoms with Crippen LogP contribution >= 0.6 is 0 Å². The molecule has 0 spiro atoms. The van der Waals surface area contributed by atoms with E-state index in [1.54, 1.807) is 3.59 Å². The van der Waals surface area contributed by atoms with Crippen molar-refractivity contribution in [3.8, 4) is 0 Å². The van der Waals surface area contributed by atoms with Crippen molar-refractivity contribution in [1.29, 1.82) is 0 Å². The third-order valence-corrected chi connectivity index (χ3v) is 9.78. The van der Waals surface area contributed by atoms with Gasteiger partial charge >= 0.3 is 97.7 Å². The first-order valence-electron chi connectivity index (χ1n) is 5.83. The van der Waals surface area contributed by atoms with Crippen LogP contribution in [0.3, 0.4) is 0 Å². The molecule has 0 saturated heterocycles. The van der Waals surface area contributed by atoms with E-state index in [4.69, 9.17) is 0 Å². The van der Waals surface area contributed by atoms with E-state index in [1.165, 1.54) is 12.0 Å². The summed E-state index contributed by atoms with van der Waals surface area (Å²) in [5.41, 5.74) is 1.18. The minimum atomic E-state index is -2.02. The second-order valence-electron chi connectivity index (χ2n) is 5.31. The Morgan fingerprint density at radius 2 is 2.00 bits per heavy atom. The van der Waals surface area contributed by atoms with Gasteiger partial charge in [0.15, 0.2) is 0 Å². The minimum absolute atomic E-state index is 0.421. The quantitative estimate of drug-likeness (QED) is 0.569. The molecule has 0 heterocycles. The monoisotopic (exact) mass is 314 g/mol. The van der Waals surface area contributed by atoms with Gasteiger partial charge in [0.25, 0.3) is 0 Å². The molecule has 0 bridgehead atoms. The van der Waals surface area contributed by atoms with E-state index in [0.29, 0.717) is 5.78 Å². The van der Waals surface area contributed by atoms with Crippen molar-refractivity contribution >= 4 is 24.2 Å². The van der Waals surface area contributed by atoms with E-state index >= 15 is 0 Å². The predicted octanol–water partition coefficient (Wildman–Crippen LogP) is 3.88. The molecule has 0 aliphatic heterocycles. The normalized spacial score (nSPS) is 18.2. The summed E-state index contributed by atoms with van der Waals surface area (Å²) in [6, 6.07) is 0. The third kappa shape index (κ3) is 3.47. The molecule has 0 aromatic rings. The Hall–Kier alpha value is -0.0513. The van der Waals surface area contributed by atoms with Crippen LogP contribution in [0.4, 0.5) is 0 Å². The maximum absolute atomic E-state index is 11.9. The Balaban J connectivity index is 2.99. The Bertz CT molecular complexity index is 294. The number of ketones is 1. The molecule has 0 aromatic carbocycles. The van der Waals surface area contributed by atoms with Crippen LogP contribution in [0.25, 0.3) is 0 Å². The zero-order valence-corrected chi connectivity index (χ0v) is 13.1. The molecule has 84 valence electrons. The summed E-state index contributed by atoms with van der Waals surface area (Å²) in [5, 5.41) is 0. The summed E-state index contributed by atoms with van der Waals surface area (Å²) < 4.78 is 1.59. The second kappa shape index (κ2) is 5.33. The van der Waals surface area contributed by atoms with Crippen LogP contribution in [0.5, 0.6) is 0 Å². The number of carbonyl (C=O) groups is 1. The van der Waals surface area contributed by atoms with Crippen molar-refractivity contribution in [2.45, 2.75) is 46.9 Å². The first-order chi connectivity index (χ1) is 6.96. The molecule has 1 rings (SSSR count). The molecule has 0 N–H and O–H groups in total. The van der Waals surface area contributed by atoms with E-state index in [9.17, 15) is 4.79 Å². The topological polar surface area (TPSA) is 17.1 Å². The average molecular weight is 313 g/mol. The summed E-state index contributed by atoms with van der Waals surface area (Å²) in [7, 11) is 0. The Kier molecular flexibility index (Phi) is 4.62. The number of hydrogen-bond acceptors (Lipinski definition) is 1. The van der Waals surface area contributed by atoms with Gasteiger partial charge in [0.05, 0.1) is 0 Å². The number of rotatable bonds is 4. The first-order valence-corrected chi connectivity index (χ1v) is 15.8. The van der Waals surface area contributed by atoms with Crippen LogP contribution in [-0.4, -0.2) is 24.2 Å². The Labute approximate surface area is 97.5 Å². The van der Waals surface area contributed by atoms with Gasteiger partial charge in [-0.05, 0) is 0 Å². The van der Waals surface area contributed by atoms with Crippen LogP contribution in [0.2, 0.25) is 14.8 Å². The predicted molar refractivity (Wildman–Crippen MR) is 68.7 cm³/mol. The summed E-state index contributed by atoms with van der Waals surface area (Å²) in [6.07, 6.45) is 6.86. The van der Waals surface area contributed by atoms with Gasteiger partial charge < -0.3 is 0 Å². The van der Waals surface area contributed by atoms with Crippen LogP contribution in [-0.2, 0) is 4.79 Å². The fraction of sp³-hybridized carbons (Fsp3) is 0.615. The molecule has 0 atom stereocenters. The molecule has 1 aliphatic rings. The van der Waals surface area contributed by atoms with Gasteiger partial charge in [-0.2, -0.15) is 0 Å². The number of hydrogen-bond donors (Lipinski definition) is 0. The molecule has 0 fully saturated rings. The van der Waals surface area contributed by atoms with Gasteiger partial charge in [-0.3, -0.25) is 0 Å². The van der Waals surface area contributed by atoms with Crippen LogP contribution in [0, 0.1) is 0 Å². The molecule has 1 aliphatic carbocycles. The zero-order valence-electron chi connectivity index (χ0n) is 10.2. The van der Waals surface area contributed by atoms with Gasteiger partial charge in [-0.1, -0.05) is 0 Å². The molecule has 0 saturated carbocycles. The molecule has 15 heavy (non-hydrogen) atoms. The van der Waals surface area contributed by atoms with E-state index in [1.807, 2.05) is 6.08 Å². The van der Waals surface area contributed by atoms with Crippen molar-refractivity contribution < 1.29 is 4.79 Å². The van der Waals surface area contributed by atoms with Crippen molar-refractivity contribution in [2.24, 2.45) is 0 Å². The zero-order chi connectivity index (χ0) is 11.5. The van der Waals surface area contributed by atoms with E-state index in [0.717, 1.165) is 25.7 Å². The van der Waals surface area contributed by atoms with Gasteiger partial charge in [0.2, 0.25) is 0 Å². The molecular weight excluding hydrogens is 291 g/mol. The average Bonchev–Trinajstić information content (AvgIpc) is 2.14. The third-order valence-electron chi connectivity index (χ3n) is 3.04. The molecule has 1 nitrogen and oxygen atoms in total. The molecule has 0 aromatic heterocycles. The van der Waals surface area contributed by atoms with Crippen molar-refractivity contribution in [2.75, 3.05) is 0 Å². The Morgan fingerprint density at radius 3 is 2.53 bits per heavy atom. The van der Waals surface area contributed by atoms with E-state index in [-0.39, 0.29) is 0 Å². The van der Waals surface area contributed by atoms with Crippen LogP contribution in [0.1, 0.15) is 32.1 Å². The fourth-order valence-corrected chi connectivity index (χ4v) is 8.24. The SMILES string of the molecule is C=CCCC1=[C]([Sn]([CH3])([CH3])[CH3])CCCC1=O. The van der Waals surface area contributed by atoms with Gasteiger partial charge in [0, 0.05) is 0 Å². The number of carbonyl (C=O) groups excluding carboxylic acids is 1. The summed E-state index contributed by atoms with van der Waals surface area (Å²) >= 11 is -2.02. The first kappa shape index (κ1) is 13.0. The molecule has 0 unspecified atom stereocenters. The second-order valence-corrected chi connectivity index (χ2v) is 19.9. The molecule has 0 radical (unpaired) electrons. The summed E-state index contributed by atoms with van der Waals surface area (Å²) in [5.74, 6) is 0.421. The van der Waals surface area contributed by atoms with Crippen LogP contribution < -0.4 is 0 Å². The molecular formula is C13H22OSn. The standard InChI is InChI=1S/C10H13O.3CH3.Sn/c1-2-3-6-9-7-4-5-8-10(9)11;;;;/h2H,1,3-6,8H2;3*1H3;. The maximum atomic E-state index is 11.9. The summed E-state index contributed by atoms with van der Waals surface area (Å²) in [6.45, 7) is 3.74. The summed E-state index contributed by atoms with van der Waals surface area (Å²) in [4.78, 5) is 19.1. The van der Waals surface area contributed by atoms with Gasteiger partial charge in [-0.15, -0.1) is 0 Å². The fourth-order valence-electron chi connectivity index (χ4n) is 2.26. The van der Waals surface area contributed by atoms with E-state index < -0.39 is 18.4 Å². The Morgan fingerprint density at radius 1 is 1.33 bits per heavy atom.